The van der Waals surface area contributed by atoms with Gasteiger partial charge in [0.15, 0.2) is 6.10 Å². The van der Waals surface area contributed by atoms with Crippen molar-refractivity contribution in [3.8, 4) is 22.5 Å². The summed E-state index contributed by atoms with van der Waals surface area (Å²) in [5.74, 6) is -1.72. The van der Waals surface area contributed by atoms with E-state index >= 15 is 0 Å². The zero-order chi connectivity index (χ0) is 33.2. The Balaban J connectivity index is 1.25. The molecule has 1 saturated carbocycles. The van der Waals surface area contributed by atoms with Crippen molar-refractivity contribution in [2.75, 3.05) is 19.8 Å². The van der Waals surface area contributed by atoms with Gasteiger partial charge in [0.25, 0.3) is 5.91 Å². The van der Waals surface area contributed by atoms with Crippen LogP contribution in [0.3, 0.4) is 0 Å². The van der Waals surface area contributed by atoms with Crippen LogP contribution >= 0.6 is 0 Å². The number of aromatic nitrogens is 6. The number of halogens is 2. The second-order valence-corrected chi connectivity index (χ2v) is 11.7. The molecule has 3 heterocycles. The Kier molecular flexibility index (Phi) is 9.67. The Morgan fingerprint density at radius 2 is 1.49 bits per heavy atom. The first kappa shape index (κ1) is 32.7. The molecule has 1 aliphatic carbocycles. The number of nitrogens with zero attached hydrogens (tertiary/aromatic N) is 7. The Morgan fingerprint density at radius 3 is 2.09 bits per heavy atom. The molecule has 250 valence electrons. The summed E-state index contributed by atoms with van der Waals surface area (Å²) in [4.78, 5) is 15.3. The van der Waals surface area contributed by atoms with Gasteiger partial charge >= 0.3 is 0 Å². The van der Waals surface area contributed by atoms with Crippen molar-refractivity contribution in [3.05, 3.63) is 72.6 Å². The molecule has 0 unspecified atom stereocenters. The number of rotatable bonds is 9. The van der Waals surface area contributed by atoms with E-state index in [9.17, 15) is 39.1 Å². The quantitative estimate of drug-likeness (QED) is 0.169. The number of aliphatic hydroxyl groups excluding tert-OH is 5. The number of hydrogen-bond acceptors (Lipinski definition) is 11. The monoisotopic (exact) mass is 655 g/mol. The number of benzene rings is 2. The first-order chi connectivity index (χ1) is 22.7. The molecular weight excluding hydrogens is 620 g/mol. The van der Waals surface area contributed by atoms with Gasteiger partial charge in [-0.2, -0.15) is 0 Å². The van der Waals surface area contributed by atoms with Crippen LogP contribution in [0.1, 0.15) is 31.3 Å². The minimum Gasteiger partial charge on any atom is -0.395 e. The highest BCUT2D eigenvalue weighted by atomic mass is 19.1. The molecule has 0 radical (unpaired) electrons. The summed E-state index contributed by atoms with van der Waals surface area (Å²) in [5, 5.41) is 70.4. The Hall–Kier alpha value is -4.19. The van der Waals surface area contributed by atoms with E-state index < -0.39 is 79.4 Å². The Bertz CT molecular complexity index is 1690. The fourth-order valence-corrected chi connectivity index (χ4v) is 6.51. The van der Waals surface area contributed by atoms with Crippen molar-refractivity contribution in [1.29, 1.82) is 0 Å². The lowest BCUT2D eigenvalue weighted by Gasteiger charge is -2.46. The summed E-state index contributed by atoms with van der Waals surface area (Å²) >= 11 is 0. The normalized spacial score (nSPS) is 27.9. The van der Waals surface area contributed by atoms with Crippen molar-refractivity contribution in [1.82, 2.24) is 34.9 Å². The molecule has 8 atom stereocenters. The molecular formula is C31H35F2N7O7. The number of carbonyl (C=O) groups is 1. The molecule has 4 aromatic rings. The molecule has 1 amide bonds. The number of ether oxygens (including phenoxy) is 1. The molecule has 16 heteroatoms. The van der Waals surface area contributed by atoms with Gasteiger partial charge in [0.1, 0.15) is 47.4 Å². The smallest absolute Gasteiger partial charge is 0.254 e. The van der Waals surface area contributed by atoms with E-state index in [0.717, 1.165) is 4.68 Å². The molecule has 2 aliphatic rings. The lowest BCUT2D eigenvalue weighted by molar-refractivity contribution is -0.214. The second kappa shape index (κ2) is 13.9. The van der Waals surface area contributed by atoms with Crippen LogP contribution in [0, 0.1) is 11.6 Å². The molecule has 47 heavy (non-hydrogen) atoms. The third-order valence-corrected chi connectivity index (χ3v) is 8.85. The number of aliphatic hydroxyl groups is 5. The van der Waals surface area contributed by atoms with Gasteiger partial charge in [0.05, 0.1) is 43.8 Å². The standard InChI is InChI=1S/C31H35F2N7O7/c32-19-6-1-4-17(12-19)21-14-39(36-34-21)24-9-3-8-23(27(24)43)38(10-11-41)31(46)30-29(45)26(28(44)25(16-42)47-30)40-15-22(35-37-40)18-5-2-7-20(33)13-18/h1-2,4-7,12-15,23-30,41-45H,3,8-11,16H2/t23-,24+,25-,26+,27+,28+,29-,30-/m1/s1. The van der Waals surface area contributed by atoms with Crippen LogP contribution in [0.15, 0.2) is 60.9 Å². The maximum absolute atomic E-state index is 14.1. The van der Waals surface area contributed by atoms with E-state index in [0.29, 0.717) is 36.1 Å². The molecule has 0 bridgehead atoms. The van der Waals surface area contributed by atoms with E-state index in [4.69, 9.17) is 4.74 Å². The maximum Gasteiger partial charge on any atom is 0.254 e. The van der Waals surface area contributed by atoms with Crippen LogP contribution in [0.2, 0.25) is 0 Å². The summed E-state index contributed by atoms with van der Waals surface area (Å²) in [5.41, 5.74) is 1.54. The third-order valence-electron chi connectivity index (χ3n) is 8.85. The maximum atomic E-state index is 14.1. The van der Waals surface area contributed by atoms with Gasteiger partial charge in [-0.3, -0.25) is 4.79 Å². The summed E-state index contributed by atoms with van der Waals surface area (Å²) in [6, 6.07) is 8.70. The first-order valence-electron chi connectivity index (χ1n) is 15.3. The number of carbonyl (C=O) groups excluding carboxylic acids is 1. The van der Waals surface area contributed by atoms with Gasteiger partial charge in [-0.1, -0.05) is 34.7 Å². The van der Waals surface area contributed by atoms with Gasteiger partial charge in [-0.15, -0.1) is 10.2 Å². The van der Waals surface area contributed by atoms with Crippen molar-refractivity contribution < 1.29 is 43.8 Å². The minimum absolute atomic E-state index is 0.212. The zero-order valence-corrected chi connectivity index (χ0v) is 25.1. The van der Waals surface area contributed by atoms with Crippen LogP contribution in [-0.4, -0.2) is 123 Å². The fourth-order valence-electron chi connectivity index (χ4n) is 6.51. The van der Waals surface area contributed by atoms with Gasteiger partial charge in [-0.05, 0) is 43.5 Å². The average molecular weight is 656 g/mol. The van der Waals surface area contributed by atoms with Gasteiger partial charge in [-0.25, -0.2) is 18.1 Å². The van der Waals surface area contributed by atoms with Gasteiger partial charge in [0, 0.05) is 17.7 Å². The van der Waals surface area contributed by atoms with Crippen LogP contribution in [0.4, 0.5) is 8.78 Å². The second-order valence-electron chi connectivity index (χ2n) is 11.7. The van der Waals surface area contributed by atoms with Crippen LogP contribution in [-0.2, 0) is 9.53 Å². The summed E-state index contributed by atoms with van der Waals surface area (Å²) in [6.07, 6.45) is -2.96. The molecule has 1 saturated heterocycles. The van der Waals surface area contributed by atoms with E-state index in [2.05, 4.69) is 20.6 Å². The van der Waals surface area contributed by atoms with E-state index in [1.807, 2.05) is 0 Å². The predicted octanol–water partition coefficient (Wildman–Crippen LogP) is 0.480. The lowest BCUT2D eigenvalue weighted by atomic mass is 9.86. The van der Waals surface area contributed by atoms with Crippen LogP contribution in [0.25, 0.3) is 22.5 Å². The molecule has 5 N–H and O–H groups in total. The molecule has 0 spiro atoms. The topological polar surface area (TPSA) is 192 Å². The average Bonchev–Trinajstić information content (AvgIpc) is 3.75. The molecule has 2 fully saturated rings. The fraction of sp³-hybridized carbons (Fsp3) is 0.452. The Morgan fingerprint density at radius 1 is 0.872 bits per heavy atom. The van der Waals surface area contributed by atoms with Gasteiger partial charge in [0.2, 0.25) is 0 Å². The number of hydrogen-bond donors (Lipinski definition) is 5. The molecule has 2 aromatic heterocycles. The van der Waals surface area contributed by atoms with E-state index in [1.54, 1.807) is 24.4 Å². The third kappa shape index (κ3) is 6.52. The predicted molar refractivity (Wildman–Crippen MR) is 159 cm³/mol. The summed E-state index contributed by atoms with van der Waals surface area (Å²) in [7, 11) is 0. The van der Waals surface area contributed by atoms with Crippen molar-refractivity contribution in [2.45, 2.75) is 67.9 Å². The Labute approximate surface area is 267 Å². The molecule has 2 aromatic carbocycles. The van der Waals surface area contributed by atoms with E-state index in [-0.39, 0.29) is 12.2 Å². The highest BCUT2D eigenvalue weighted by Crippen LogP contribution is 2.36. The minimum atomic E-state index is -1.70. The lowest BCUT2D eigenvalue weighted by Crippen LogP contribution is -2.63. The molecule has 1 aliphatic heterocycles. The van der Waals surface area contributed by atoms with Crippen molar-refractivity contribution >= 4 is 5.91 Å². The van der Waals surface area contributed by atoms with Crippen LogP contribution < -0.4 is 0 Å². The van der Waals surface area contributed by atoms with Gasteiger partial charge < -0.3 is 35.2 Å². The molecule has 14 nitrogen and oxygen atoms in total. The van der Waals surface area contributed by atoms with E-state index in [1.165, 1.54) is 46.1 Å². The summed E-state index contributed by atoms with van der Waals surface area (Å²) < 4.78 is 36.0. The zero-order valence-electron chi connectivity index (χ0n) is 25.1. The van der Waals surface area contributed by atoms with Crippen LogP contribution in [0.5, 0.6) is 0 Å². The first-order valence-corrected chi connectivity index (χ1v) is 15.3. The summed E-state index contributed by atoms with van der Waals surface area (Å²) in [6.45, 7) is -1.38. The highest BCUT2D eigenvalue weighted by molar-refractivity contribution is 5.82. The largest absolute Gasteiger partial charge is 0.395 e. The SMILES string of the molecule is O=C([C@@H]1O[C@H](CO)[C@H](O)[C@H](n2cc(-c3cccc(F)c3)nn2)[C@H]1O)N(CCO)[C@@H]1CCC[C@H](n2cc(-c3cccc(F)c3)nn2)[C@H]1O. The van der Waals surface area contributed by atoms with Crippen molar-refractivity contribution in [2.24, 2.45) is 0 Å². The molecule has 6 rings (SSSR count). The van der Waals surface area contributed by atoms with Crippen molar-refractivity contribution in [3.63, 3.8) is 0 Å². The number of amides is 1. The highest BCUT2D eigenvalue weighted by Gasteiger charge is 2.51.